The third-order valence-corrected chi connectivity index (χ3v) is 5.02. The van der Waals surface area contributed by atoms with Gasteiger partial charge in [-0.2, -0.15) is 0 Å². The van der Waals surface area contributed by atoms with Crippen molar-refractivity contribution in [1.82, 2.24) is 23.8 Å². The standard InChI is InChI=1S/C19H23N5O/c1-13-10-22(3)18(20-13)15-7-5-9-23(11-15)19(25)16-12-24-14(2)6-4-8-17(24)21-16/h4,6,8,10,12,15H,5,7,9,11H2,1-3H3/t15-/m0/s1. The number of carbonyl (C=O) groups is 1. The van der Waals surface area contributed by atoms with Crippen LogP contribution >= 0.6 is 0 Å². The van der Waals surface area contributed by atoms with Gasteiger partial charge >= 0.3 is 0 Å². The maximum Gasteiger partial charge on any atom is 0.274 e. The number of pyridine rings is 1. The van der Waals surface area contributed by atoms with E-state index in [0.29, 0.717) is 12.2 Å². The van der Waals surface area contributed by atoms with E-state index in [1.807, 2.05) is 60.8 Å². The highest BCUT2D eigenvalue weighted by Crippen LogP contribution is 2.27. The van der Waals surface area contributed by atoms with Crippen LogP contribution in [0.2, 0.25) is 0 Å². The largest absolute Gasteiger partial charge is 0.337 e. The summed E-state index contributed by atoms with van der Waals surface area (Å²) in [6.07, 6.45) is 5.95. The fourth-order valence-corrected chi connectivity index (χ4v) is 3.80. The summed E-state index contributed by atoms with van der Waals surface area (Å²) in [5.41, 5.74) is 3.43. The molecule has 0 radical (unpaired) electrons. The number of imidazole rings is 2. The molecule has 0 unspecified atom stereocenters. The summed E-state index contributed by atoms with van der Waals surface area (Å²) < 4.78 is 4.05. The molecule has 3 aromatic rings. The molecule has 25 heavy (non-hydrogen) atoms. The molecule has 0 aromatic carbocycles. The van der Waals surface area contributed by atoms with Crippen molar-refractivity contribution >= 4 is 11.6 Å². The Balaban J connectivity index is 1.58. The summed E-state index contributed by atoms with van der Waals surface area (Å²) in [4.78, 5) is 24.1. The molecule has 130 valence electrons. The zero-order valence-electron chi connectivity index (χ0n) is 14.9. The Hall–Kier alpha value is -2.63. The van der Waals surface area contributed by atoms with Crippen molar-refractivity contribution in [1.29, 1.82) is 0 Å². The Kier molecular flexibility index (Phi) is 3.82. The Labute approximate surface area is 147 Å². The molecule has 6 nitrogen and oxygen atoms in total. The third kappa shape index (κ3) is 2.81. The molecule has 6 heteroatoms. The third-order valence-electron chi connectivity index (χ3n) is 5.02. The van der Waals surface area contributed by atoms with Crippen LogP contribution in [0.1, 0.15) is 46.5 Å². The highest BCUT2D eigenvalue weighted by atomic mass is 16.2. The predicted molar refractivity (Wildman–Crippen MR) is 95.8 cm³/mol. The number of nitrogens with zero attached hydrogens (tertiary/aromatic N) is 5. The van der Waals surface area contributed by atoms with Crippen LogP contribution in [0.5, 0.6) is 0 Å². The molecule has 1 atom stereocenters. The molecule has 1 aliphatic rings. The lowest BCUT2D eigenvalue weighted by Crippen LogP contribution is -2.39. The smallest absolute Gasteiger partial charge is 0.274 e. The van der Waals surface area contributed by atoms with Gasteiger partial charge < -0.3 is 13.9 Å². The summed E-state index contributed by atoms with van der Waals surface area (Å²) >= 11 is 0. The Morgan fingerprint density at radius 2 is 2.04 bits per heavy atom. The van der Waals surface area contributed by atoms with Gasteiger partial charge in [-0.25, -0.2) is 9.97 Å². The van der Waals surface area contributed by atoms with E-state index in [9.17, 15) is 4.79 Å². The molecule has 3 aromatic heterocycles. The van der Waals surface area contributed by atoms with Gasteiger partial charge in [-0.15, -0.1) is 0 Å². The molecule has 4 heterocycles. The Morgan fingerprint density at radius 1 is 1.20 bits per heavy atom. The maximum atomic E-state index is 13.0. The van der Waals surface area contributed by atoms with Gasteiger partial charge in [0.15, 0.2) is 0 Å². The first-order valence-corrected chi connectivity index (χ1v) is 8.77. The quantitative estimate of drug-likeness (QED) is 0.722. The average Bonchev–Trinajstić information content (AvgIpc) is 3.18. The molecule has 1 aliphatic heterocycles. The van der Waals surface area contributed by atoms with E-state index in [2.05, 4.69) is 14.5 Å². The topological polar surface area (TPSA) is 55.4 Å². The number of amides is 1. The van der Waals surface area contributed by atoms with E-state index < -0.39 is 0 Å². The van der Waals surface area contributed by atoms with E-state index in [4.69, 9.17) is 0 Å². The predicted octanol–water partition coefficient (Wildman–Crippen LogP) is 2.70. The van der Waals surface area contributed by atoms with E-state index in [-0.39, 0.29) is 11.8 Å². The van der Waals surface area contributed by atoms with Crippen LogP contribution < -0.4 is 0 Å². The van der Waals surface area contributed by atoms with Crippen molar-refractivity contribution in [3.8, 4) is 0 Å². The minimum atomic E-state index is 0.0127. The van der Waals surface area contributed by atoms with Crippen LogP contribution in [0.15, 0.2) is 30.6 Å². The van der Waals surface area contributed by atoms with Crippen molar-refractivity contribution in [2.75, 3.05) is 13.1 Å². The summed E-state index contributed by atoms with van der Waals surface area (Å²) in [7, 11) is 2.03. The number of fused-ring (bicyclic) bond motifs is 1. The van der Waals surface area contributed by atoms with Gasteiger partial charge in [0.05, 0.1) is 5.69 Å². The summed E-state index contributed by atoms with van der Waals surface area (Å²) in [5.74, 6) is 1.37. The van der Waals surface area contributed by atoms with Crippen LogP contribution in [0.25, 0.3) is 5.65 Å². The van der Waals surface area contributed by atoms with Gasteiger partial charge in [0.25, 0.3) is 5.91 Å². The highest BCUT2D eigenvalue weighted by Gasteiger charge is 2.29. The highest BCUT2D eigenvalue weighted by molar-refractivity contribution is 5.93. The molecule has 0 N–H and O–H groups in total. The lowest BCUT2D eigenvalue weighted by atomic mass is 9.97. The average molecular weight is 337 g/mol. The molecule has 1 saturated heterocycles. The number of hydrogen-bond acceptors (Lipinski definition) is 3. The first kappa shape index (κ1) is 15.9. The van der Waals surface area contributed by atoms with Crippen LogP contribution in [0.3, 0.4) is 0 Å². The number of hydrogen-bond donors (Lipinski definition) is 0. The van der Waals surface area contributed by atoms with E-state index in [0.717, 1.165) is 42.2 Å². The minimum Gasteiger partial charge on any atom is -0.337 e. The molecule has 1 amide bonds. The van der Waals surface area contributed by atoms with Crippen molar-refractivity contribution < 1.29 is 4.79 Å². The van der Waals surface area contributed by atoms with Crippen molar-refractivity contribution in [2.45, 2.75) is 32.6 Å². The van der Waals surface area contributed by atoms with Crippen LogP contribution in [-0.4, -0.2) is 42.8 Å². The van der Waals surface area contributed by atoms with Crippen LogP contribution in [0.4, 0.5) is 0 Å². The van der Waals surface area contributed by atoms with Crippen LogP contribution in [-0.2, 0) is 7.05 Å². The fourth-order valence-electron chi connectivity index (χ4n) is 3.80. The van der Waals surface area contributed by atoms with E-state index >= 15 is 0 Å². The van der Waals surface area contributed by atoms with Gasteiger partial charge in [-0.1, -0.05) is 6.07 Å². The number of likely N-dealkylation sites (tertiary alicyclic amines) is 1. The van der Waals surface area contributed by atoms with Crippen molar-refractivity contribution in [3.63, 3.8) is 0 Å². The normalized spacial score (nSPS) is 18.0. The number of carbonyl (C=O) groups excluding carboxylic acids is 1. The minimum absolute atomic E-state index is 0.0127. The summed E-state index contributed by atoms with van der Waals surface area (Å²) in [5, 5.41) is 0. The molecule has 0 aliphatic carbocycles. The van der Waals surface area contributed by atoms with Gasteiger partial charge in [0, 0.05) is 44.1 Å². The summed E-state index contributed by atoms with van der Waals surface area (Å²) in [6, 6.07) is 5.91. The molecular formula is C19H23N5O. The zero-order chi connectivity index (χ0) is 17.6. The molecule has 0 spiro atoms. The first-order chi connectivity index (χ1) is 12.0. The number of piperidine rings is 1. The number of aromatic nitrogens is 4. The molecule has 0 bridgehead atoms. The first-order valence-electron chi connectivity index (χ1n) is 8.77. The van der Waals surface area contributed by atoms with Gasteiger partial charge in [-0.3, -0.25) is 4.79 Å². The second kappa shape index (κ2) is 6.02. The van der Waals surface area contributed by atoms with Gasteiger partial charge in [0.2, 0.25) is 0 Å². The zero-order valence-corrected chi connectivity index (χ0v) is 14.9. The van der Waals surface area contributed by atoms with Crippen molar-refractivity contribution in [2.24, 2.45) is 7.05 Å². The van der Waals surface area contributed by atoms with Gasteiger partial charge in [0.1, 0.15) is 17.2 Å². The lowest BCUT2D eigenvalue weighted by Gasteiger charge is -2.32. The summed E-state index contributed by atoms with van der Waals surface area (Å²) in [6.45, 7) is 5.51. The van der Waals surface area contributed by atoms with Crippen molar-refractivity contribution in [3.05, 3.63) is 53.5 Å². The second-order valence-electron chi connectivity index (χ2n) is 6.96. The SMILES string of the molecule is Cc1cn(C)c([C@H]2CCCN(C(=O)c3cn4c(C)cccc4n3)C2)n1. The number of aryl methyl sites for hydroxylation is 3. The lowest BCUT2D eigenvalue weighted by molar-refractivity contribution is 0.0698. The van der Waals surface area contributed by atoms with Gasteiger partial charge in [-0.05, 0) is 38.8 Å². The number of rotatable bonds is 2. The second-order valence-corrected chi connectivity index (χ2v) is 6.96. The molecule has 1 fully saturated rings. The molecule has 4 rings (SSSR count). The Bertz CT molecular complexity index is 939. The monoisotopic (exact) mass is 337 g/mol. The van der Waals surface area contributed by atoms with E-state index in [1.54, 1.807) is 0 Å². The maximum absolute atomic E-state index is 13.0. The Morgan fingerprint density at radius 3 is 2.76 bits per heavy atom. The fraction of sp³-hybridized carbons (Fsp3) is 0.421. The van der Waals surface area contributed by atoms with E-state index in [1.165, 1.54) is 0 Å². The van der Waals surface area contributed by atoms with Crippen LogP contribution in [0, 0.1) is 13.8 Å². The molecule has 0 saturated carbocycles. The molecular weight excluding hydrogens is 314 g/mol.